The summed E-state index contributed by atoms with van der Waals surface area (Å²) in [5.41, 5.74) is 2.82. The standard InChI is InChI=1S/C19H31NO2/c1-15-8-9-16(2)18(13-15)19(21,10-4-5-12-22-3)17-7-6-11-20-14-17/h8-9,13,17,20-21H,4-7,10-12,14H2,1-3H3/t17-,19+/m1/s1. The molecule has 1 aliphatic heterocycles. The van der Waals surface area contributed by atoms with Crippen molar-refractivity contribution in [1.82, 2.24) is 5.32 Å². The van der Waals surface area contributed by atoms with Crippen molar-refractivity contribution in [2.45, 2.75) is 51.6 Å². The first kappa shape index (κ1) is 17.5. The van der Waals surface area contributed by atoms with Gasteiger partial charge in [-0.2, -0.15) is 0 Å². The zero-order valence-electron chi connectivity index (χ0n) is 14.3. The lowest BCUT2D eigenvalue weighted by Gasteiger charge is -2.40. The SMILES string of the molecule is COCCCC[C@@](O)(c1cc(C)ccc1C)[C@@H]1CCCNC1. The van der Waals surface area contributed by atoms with Crippen LogP contribution in [-0.2, 0) is 10.3 Å². The monoisotopic (exact) mass is 305 g/mol. The number of rotatable bonds is 7. The fraction of sp³-hybridized carbons (Fsp3) is 0.684. The molecule has 2 rings (SSSR count). The van der Waals surface area contributed by atoms with Gasteiger partial charge in [0.1, 0.15) is 0 Å². The summed E-state index contributed by atoms with van der Waals surface area (Å²) in [6.45, 7) is 6.97. The van der Waals surface area contributed by atoms with Crippen LogP contribution >= 0.6 is 0 Å². The van der Waals surface area contributed by atoms with Crippen molar-refractivity contribution in [3.05, 3.63) is 34.9 Å². The maximum absolute atomic E-state index is 11.6. The number of unbranched alkanes of at least 4 members (excludes halogenated alkanes) is 1. The first-order valence-electron chi connectivity index (χ1n) is 8.57. The summed E-state index contributed by atoms with van der Waals surface area (Å²) >= 11 is 0. The van der Waals surface area contributed by atoms with E-state index >= 15 is 0 Å². The van der Waals surface area contributed by atoms with Crippen molar-refractivity contribution in [1.29, 1.82) is 0 Å². The van der Waals surface area contributed by atoms with E-state index in [2.05, 4.69) is 37.4 Å². The molecule has 2 atom stereocenters. The maximum atomic E-state index is 11.6. The molecule has 1 aliphatic rings. The van der Waals surface area contributed by atoms with Crippen LogP contribution in [0.5, 0.6) is 0 Å². The van der Waals surface area contributed by atoms with Crippen molar-refractivity contribution >= 4 is 0 Å². The van der Waals surface area contributed by atoms with Crippen LogP contribution in [0.2, 0.25) is 0 Å². The molecule has 0 aliphatic carbocycles. The minimum absolute atomic E-state index is 0.296. The van der Waals surface area contributed by atoms with Gasteiger partial charge in [-0.25, -0.2) is 0 Å². The summed E-state index contributed by atoms with van der Waals surface area (Å²) in [5.74, 6) is 0.296. The quantitative estimate of drug-likeness (QED) is 0.759. The van der Waals surface area contributed by atoms with Gasteiger partial charge in [0, 0.05) is 26.2 Å². The number of hydrogen-bond acceptors (Lipinski definition) is 3. The van der Waals surface area contributed by atoms with Crippen molar-refractivity contribution in [3.63, 3.8) is 0 Å². The lowest BCUT2D eigenvalue weighted by atomic mass is 9.73. The number of nitrogens with one attached hydrogen (secondary N) is 1. The number of ether oxygens (including phenoxy) is 1. The van der Waals surface area contributed by atoms with Crippen LogP contribution in [0.1, 0.15) is 48.8 Å². The molecule has 0 spiro atoms. The predicted molar refractivity (Wildman–Crippen MR) is 91.1 cm³/mol. The van der Waals surface area contributed by atoms with Crippen molar-refractivity contribution < 1.29 is 9.84 Å². The Bertz CT molecular complexity index is 469. The number of piperidine rings is 1. The van der Waals surface area contributed by atoms with Crippen LogP contribution in [0.15, 0.2) is 18.2 Å². The molecule has 3 nitrogen and oxygen atoms in total. The molecule has 1 saturated heterocycles. The smallest absolute Gasteiger partial charge is 0.0939 e. The molecule has 1 heterocycles. The molecule has 1 fully saturated rings. The number of methoxy groups -OCH3 is 1. The highest BCUT2D eigenvalue weighted by Crippen LogP contribution is 2.40. The second-order valence-corrected chi connectivity index (χ2v) is 6.74. The summed E-state index contributed by atoms with van der Waals surface area (Å²) < 4.78 is 5.16. The van der Waals surface area contributed by atoms with E-state index in [0.29, 0.717) is 5.92 Å². The van der Waals surface area contributed by atoms with E-state index in [4.69, 9.17) is 4.74 Å². The summed E-state index contributed by atoms with van der Waals surface area (Å²) in [7, 11) is 1.74. The molecule has 3 heteroatoms. The highest BCUT2D eigenvalue weighted by atomic mass is 16.5. The lowest BCUT2D eigenvalue weighted by molar-refractivity contribution is -0.0439. The topological polar surface area (TPSA) is 41.5 Å². The minimum Gasteiger partial charge on any atom is -0.385 e. The number of aliphatic hydroxyl groups is 1. The van der Waals surface area contributed by atoms with Gasteiger partial charge in [0.25, 0.3) is 0 Å². The predicted octanol–water partition coefficient (Wildman–Crippen LogP) is 3.31. The Morgan fingerprint density at radius 2 is 2.14 bits per heavy atom. The first-order chi connectivity index (χ1) is 10.6. The molecule has 1 aromatic rings. The van der Waals surface area contributed by atoms with Gasteiger partial charge in [-0.3, -0.25) is 0 Å². The van der Waals surface area contributed by atoms with Gasteiger partial charge in [-0.15, -0.1) is 0 Å². The molecule has 0 bridgehead atoms. The van der Waals surface area contributed by atoms with E-state index in [1.54, 1.807) is 7.11 Å². The molecule has 124 valence electrons. The average Bonchev–Trinajstić information content (AvgIpc) is 2.54. The summed E-state index contributed by atoms with van der Waals surface area (Å²) in [6, 6.07) is 6.45. The zero-order chi connectivity index (χ0) is 16.0. The van der Waals surface area contributed by atoms with E-state index in [1.807, 2.05) is 0 Å². The fourth-order valence-electron chi connectivity index (χ4n) is 3.66. The molecular weight excluding hydrogens is 274 g/mol. The number of aryl methyl sites for hydroxylation is 2. The number of hydrogen-bond donors (Lipinski definition) is 2. The Balaban J connectivity index is 2.24. The van der Waals surface area contributed by atoms with Gasteiger partial charge < -0.3 is 15.2 Å². The van der Waals surface area contributed by atoms with Crippen LogP contribution in [0.25, 0.3) is 0 Å². The fourth-order valence-corrected chi connectivity index (χ4v) is 3.66. The Kier molecular flexibility index (Phi) is 6.42. The zero-order valence-corrected chi connectivity index (χ0v) is 14.3. The van der Waals surface area contributed by atoms with E-state index < -0.39 is 5.60 Å². The summed E-state index contributed by atoms with van der Waals surface area (Å²) in [6.07, 6.45) is 5.06. The molecule has 1 aromatic carbocycles. The minimum atomic E-state index is -0.725. The third kappa shape index (κ3) is 4.09. The van der Waals surface area contributed by atoms with Crippen LogP contribution < -0.4 is 5.32 Å². The molecule has 0 amide bonds. The van der Waals surface area contributed by atoms with Gasteiger partial charge in [0.05, 0.1) is 5.60 Å². The van der Waals surface area contributed by atoms with Gasteiger partial charge >= 0.3 is 0 Å². The Labute approximate surface area is 135 Å². The highest BCUT2D eigenvalue weighted by molar-refractivity contribution is 5.35. The van der Waals surface area contributed by atoms with E-state index in [1.165, 1.54) is 11.1 Å². The average molecular weight is 305 g/mol. The van der Waals surface area contributed by atoms with Crippen LogP contribution in [0.4, 0.5) is 0 Å². The van der Waals surface area contributed by atoms with Gasteiger partial charge in [-0.1, -0.05) is 23.8 Å². The first-order valence-corrected chi connectivity index (χ1v) is 8.57. The molecule has 0 radical (unpaired) electrons. The Hall–Kier alpha value is -0.900. The van der Waals surface area contributed by atoms with Gasteiger partial charge in [-0.05, 0) is 63.6 Å². The van der Waals surface area contributed by atoms with E-state index in [0.717, 1.165) is 57.4 Å². The van der Waals surface area contributed by atoms with Crippen LogP contribution in [-0.4, -0.2) is 31.9 Å². The maximum Gasteiger partial charge on any atom is 0.0939 e. The molecular formula is C19H31NO2. The Morgan fingerprint density at radius 1 is 1.32 bits per heavy atom. The summed E-state index contributed by atoms with van der Waals surface area (Å²) in [5, 5.41) is 15.1. The molecule has 0 saturated carbocycles. The molecule has 2 N–H and O–H groups in total. The summed E-state index contributed by atoms with van der Waals surface area (Å²) in [4.78, 5) is 0. The van der Waals surface area contributed by atoms with E-state index in [-0.39, 0.29) is 0 Å². The van der Waals surface area contributed by atoms with Crippen molar-refractivity contribution in [2.24, 2.45) is 5.92 Å². The second-order valence-electron chi connectivity index (χ2n) is 6.74. The second kappa shape index (κ2) is 8.09. The Morgan fingerprint density at radius 3 is 2.82 bits per heavy atom. The molecule has 0 aromatic heterocycles. The largest absolute Gasteiger partial charge is 0.385 e. The third-order valence-electron chi connectivity index (χ3n) is 4.99. The molecule has 22 heavy (non-hydrogen) atoms. The molecule has 0 unspecified atom stereocenters. The normalized spacial score (nSPS) is 21.5. The van der Waals surface area contributed by atoms with Gasteiger partial charge in [0.15, 0.2) is 0 Å². The van der Waals surface area contributed by atoms with E-state index in [9.17, 15) is 5.11 Å². The number of benzene rings is 1. The lowest BCUT2D eigenvalue weighted by Crippen LogP contribution is -2.44. The highest BCUT2D eigenvalue weighted by Gasteiger charge is 2.39. The van der Waals surface area contributed by atoms with Crippen LogP contribution in [0, 0.1) is 19.8 Å². The third-order valence-corrected chi connectivity index (χ3v) is 4.99. The van der Waals surface area contributed by atoms with Crippen molar-refractivity contribution in [3.8, 4) is 0 Å². The van der Waals surface area contributed by atoms with Gasteiger partial charge in [0.2, 0.25) is 0 Å². The van der Waals surface area contributed by atoms with Crippen LogP contribution in [0.3, 0.4) is 0 Å². The van der Waals surface area contributed by atoms with Crippen molar-refractivity contribution in [2.75, 3.05) is 26.8 Å².